The van der Waals surface area contributed by atoms with Crippen LogP contribution in [0.2, 0.25) is 0 Å². The van der Waals surface area contributed by atoms with Crippen molar-refractivity contribution in [3.8, 4) is 5.75 Å². The second-order valence-electron chi connectivity index (χ2n) is 3.78. The van der Waals surface area contributed by atoms with Crippen LogP contribution in [0.5, 0.6) is 5.75 Å². The minimum atomic E-state index is -1.66. The van der Waals surface area contributed by atoms with E-state index in [2.05, 4.69) is 0 Å². The third-order valence-electron chi connectivity index (χ3n) is 2.40. The van der Waals surface area contributed by atoms with Gasteiger partial charge < -0.3 is 20.3 Å². The summed E-state index contributed by atoms with van der Waals surface area (Å²) in [5, 5.41) is 19.3. The lowest BCUT2D eigenvalue weighted by Gasteiger charge is -2.14. The average molecular weight is 285 g/mol. The standard InChI is InChI=1S/C12H12FNO6/c1-20-8-4-2-3-6(13)10(8)11(17)14-7(12(18)19)5-9(15)16/h2-4,7H,5H2,1H3,(H,14,17)(H,15,16)(H,18,19). The van der Waals surface area contributed by atoms with E-state index in [9.17, 15) is 18.8 Å². The minimum absolute atomic E-state index is 0.0815. The molecule has 1 unspecified atom stereocenters. The Balaban J connectivity index is 3.00. The van der Waals surface area contributed by atoms with Gasteiger partial charge in [0.2, 0.25) is 0 Å². The number of carboxylic acid groups (broad SMARTS) is 2. The van der Waals surface area contributed by atoms with Crippen molar-refractivity contribution in [3.63, 3.8) is 0 Å². The van der Waals surface area contributed by atoms with Crippen LogP contribution in [0, 0.1) is 5.82 Å². The lowest BCUT2D eigenvalue weighted by atomic mass is 10.1. The van der Waals surface area contributed by atoms with Gasteiger partial charge in [-0.1, -0.05) is 6.07 Å². The molecule has 0 saturated carbocycles. The van der Waals surface area contributed by atoms with Gasteiger partial charge >= 0.3 is 11.9 Å². The highest BCUT2D eigenvalue weighted by molar-refractivity contribution is 5.99. The molecule has 0 radical (unpaired) electrons. The summed E-state index contributed by atoms with van der Waals surface area (Å²) >= 11 is 0. The van der Waals surface area contributed by atoms with Crippen LogP contribution in [0.3, 0.4) is 0 Å². The van der Waals surface area contributed by atoms with Crippen molar-refractivity contribution in [1.29, 1.82) is 0 Å². The van der Waals surface area contributed by atoms with Gasteiger partial charge in [0.05, 0.1) is 13.5 Å². The molecule has 0 bridgehead atoms. The molecule has 20 heavy (non-hydrogen) atoms. The number of carboxylic acids is 2. The fraction of sp³-hybridized carbons (Fsp3) is 0.250. The zero-order chi connectivity index (χ0) is 15.3. The van der Waals surface area contributed by atoms with Crippen molar-refractivity contribution in [1.82, 2.24) is 5.32 Å². The molecule has 1 aromatic rings. The normalized spacial score (nSPS) is 11.5. The molecule has 0 aliphatic carbocycles. The molecule has 7 nitrogen and oxygen atoms in total. The summed E-state index contributed by atoms with van der Waals surface area (Å²) < 4.78 is 18.4. The average Bonchev–Trinajstić information content (AvgIpc) is 2.36. The van der Waals surface area contributed by atoms with E-state index in [0.29, 0.717) is 0 Å². The molecular weight excluding hydrogens is 273 g/mol. The van der Waals surface area contributed by atoms with Crippen LogP contribution >= 0.6 is 0 Å². The topological polar surface area (TPSA) is 113 Å². The number of aliphatic carboxylic acids is 2. The maximum atomic E-state index is 13.6. The first-order valence-corrected chi connectivity index (χ1v) is 5.44. The van der Waals surface area contributed by atoms with E-state index in [4.69, 9.17) is 14.9 Å². The van der Waals surface area contributed by atoms with Crippen LogP contribution in [0.15, 0.2) is 18.2 Å². The fourth-order valence-electron chi connectivity index (χ4n) is 1.50. The first-order chi connectivity index (χ1) is 9.36. The van der Waals surface area contributed by atoms with Gasteiger partial charge in [0.15, 0.2) is 0 Å². The quantitative estimate of drug-likeness (QED) is 0.701. The Morgan fingerprint density at radius 3 is 2.50 bits per heavy atom. The summed E-state index contributed by atoms with van der Waals surface area (Å²) in [6, 6.07) is 1.98. The zero-order valence-corrected chi connectivity index (χ0v) is 10.4. The van der Waals surface area contributed by atoms with Gasteiger partial charge in [-0.15, -0.1) is 0 Å². The molecule has 0 aliphatic heterocycles. The minimum Gasteiger partial charge on any atom is -0.496 e. The second-order valence-corrected chi connectivity index (χ2v) is 3.78. The van der Waals surface area contributed by atoms with Gasteiger partial charge in [0.25, 0.3) is 5.91 Å². The van der Waals surface area contributed by atoms with Crippen LogP contribution in [-0.2, 0) is 9.59 Å². The van der Waals surface area contributed by atoms with E-state index >= 15 is 0 Å². The Bertz CT molecular complexity index is 545. The van der Waals surface area contributed by atoms with E-state index in [1.54, 1.807) is 0 Å². The van der Waals surface area contributed by atoms with Crippen molar-refractivity contribution in [2.24, 2.45) is 0 Å². The van der Waals surface area contributed by atoms with Crippen molar-refractivity contribution < 1.29 is 33.7 Å². The van der Waals surface area contributed by atoms with Gasteiger partial charge in [-0.05, 0) is 12.1 Å². The second kappa shape index (κ2) is 6.50. The Labute approximate surface area is 113 Å². The molecule has 108 valence electrons. The number of amides is 1. The zero-order valence-electron chi connectivity index (χ0n) is 10.4. The number of methoxy groups -OCH3 is 1. The highest BCUT2D eigenvalue weighted by Gasteiger charge is 2.26. The number of hydrogen-bond acceptors (Lipinski definition) is 4. The Kier molecular flexibility index (Phi) is 5.01. The monoisotopic (exact) mass is 285 g/mol. The van der Waals surface area contributed by atoms with Crippen LogP contribution in [0.1, 0.15) is 16.8 Å². The first kappa shape index (κ1) is 15.4. The molecule has 0 spiro atoms. The third-order valence-corrected chi connectivity index (χ3v) is 2.40. The third kappa shape index (κ3) is 3.67. The van der Waals surface area contributed by atoms with E-state index in [1.807, 2.05) is 5.32 Å². The van der Waals surface area contributed by atoms with E-state index in [-0.39, 0.29) is 5.75 Å². The van der Waals surface area contributed by atoms with Crippen molar-refractivity contribution >= 4 is 17.8 Å². The number of ether oxygens (including phenoxy) is 1. The van der Waals surface area contributed by atoms with E-state index < -0.39 is 41.7 Å². The molecule has 0 saturated heterocycles. The number of halogens is 1. The molecule has 8 heteroatoms. The molecular formula is C12H12FNO6. The Morgan fingerprint density at radius 2 is 2.00 bits per heavy atom. The lowest BCUT2D eigenvalue weighted by molar-refractivity contribution is -0.145. The van der Waals surface area contributed by atoms with Gasteiger partial charge in [-0.3, -0.25) is 9.59 Å². The number of nitrogens with one attached hydrogen (secondary N) is 1. The number of hydrogen-bond donors (Lipinski definition) is 3. The van der Waals surface area contributed by atoms with E-state index in [1.165, 1.54) is 19.2 Å². The molecule has 3 N–H and O–H groups in total. The summed E-state index contributed by atoms with van der Waals surface area (Å²) in [5.74, 6) is -4.98. The number of carbonyl (C=O) groups excluding carboxylic acids is 1. The first-order valence-electron chi connectivity index (χ1n) is 5.44. The van der Waals surface area contributed by atoms with Gasteiger partial charge in [-0.25, -0.2) is 9.18 Å². The molecule has 1 aromatic carbocycles. The molecule has 1 amide bonds. The summed E-state index contributed by atoms with van der Waals surface area (Å²) in [4.78, 5) is 33.2. The molecule has 0 fully saturated rings. The predicted octanol–water partition coefficient (Wildman–Crippen LogP) is 0.492. The SMILES string of the molecule is COc1cccc(F)c1C(=O)NC(CC(=O)O)C(=O)O. The fourth-order valence-corrected chi connectivity index (χ4v) is 1.50. The predicted molar refractivity (Wildman–Crippen MR) is 64.1 cm³/mol. The van der Waals surface area contributed by atoms with Crippen molar-refractivity contribution in [2.45, 2.75) is 12.5 Å². The number of carbonyl (C=O) groups is 3. The maximum absolute atomic E-state index is 13.6. The van der Waals surface area contributed by atoms with Crippen molar-refractivity contribution in [3.05, 3.63) is 29.6 Å². The summed E-state index contributed by atoms with van der Waals surface area (Å²) in [6.07, 6.45) is -0.822. The van der Waals surface area contributed by atoms with Gasteiger partial charge in [-0.2, -0.15) is 0 Å². The summed E-state index contributed by atoms with van der Waals surface area (Å²) in [5.41, 5.74) is -0.480. The summed E-state index contributed by atoms with van der Waals surface area (Å²) in [7, 11) is 1.22. The molecule has 0 aliphatic rings. The van der Waals surface area contributed by atoms with Gasteiger partial charge in [0.1, 0.15) is 23.2 Å². The van der Waals surface area contributed by atoms with Gasteiger partial charge in [0, 0.05) is 0 Å². The van der Waals surface area contributed by atoms with E-state index in [0.717, 1.165) is 6.07 Å². The Hall–Kier alpha value is -2.64. The van der Waals surface area contributed by atoms with Crippen LogP contribution in [0.4, 0.5) is 4.39 Å². The van der Waals surface area contributed by atoms with Crippen LogP contribution in [0.25, 0.3) is 0 Å². The highest BCUT2D eigenvalue weighted by Crippen LogP contribution is 2.21. The molecule has 1 atom stereocenters. The largest absolute Gasteiger partial charge is 0.496 e. The van der Waals surface area contributed by atoms with Crippen LogP contribution < -0.4 is 10.1 Å². The highest BCUT2D eigenvalue weighted by atomic mass is 19.1. The smallest absolute Gasteiger partial charge is 0.326 e. The lowest BCUT2D eigenvalue weighted by Crippen LogP contribution is -2.42. The van der Waals surface area contributed by atoms with Crippen molar-refractivity contribution in [2.75, 3.05) is 7.11 Å². The maximum Gasteiger partial charge on any atom is 0.326 e. The summed E-state index contributed by atoms with van der Waals surface area (Å²) in [6.45, 7) is 0. The number of rotatable bonds is 6. The Morgan fingerprint density at radius 1 is 1.35 bits per heavy atom. The number of benzene rings is 1. The molecule has 1 rings (SSSR count). The molecule has 0 heterocycles. The van der Waals surface area contributed by atoms with Crippen LogP contribution in [-0.4, -0.2) is 41.2 Å². The molecule has 0 aromatic heterocycles.